The molecule has 0 aliphatic heterocycles. The van der Waals surface area contributed by atoms with Gasteiger partial charge in [-0.2, -0.15) is 0 Å². The van der Waals surface area contributed by atoms with E-state index in [9.17, 15) is 9.50 Å². The van der Waals surface area contributed by atoms with E-state index in [1.165, 1.54) is 12.3 Å². The molecule has 2 rings (SSSR count). The zero-order chi connectivity index (χ0) is 9.42. The van der Waals surface area contributed by atoms with Gasteiger partial charge >= 0.3 is 0 Å². The van der Waals surface area contributed by atoms with Crippen LogP contribution in [0.25, 0.3) is 10.9 Å². The first-order valence-electron chi connectivity index (χ1n) is 3.48. The Morgan fingerprint density at radius 2 is 2.15 bits per heavy atom. The number of hydrogen-bond acceptors (Lipinski definition) is 3. The lowest BCUT2D eigenvalue weighted by molar-refractivity contribution is 0.479. The molecule has 0 saturated heterocycles. The van der Waals surface area contributed by atoms with E-state index in [1.807, 2.05) is 0 Å². The molecular weight excluding hydrogens is 195 g/mol. The van der Waals surface area contributed by atoms with Gasteiger partial charge in [0.25, 0.3) is 0 Å². The predicted molar refractivity (Wildman–Crippen MR) is 46.2 cm³/mol. The highest BCUT2D eigenvalue weighted by atomic mass is 35.5. The van der Waals surface area contributed by atoms with E-state index < -0.39 is 5.82 Å². The second kappa shape index (κ2) is 2.81. The number of rotatable bonds is 0. The Balaban J connectivity index is 2.92. The fourth-order valence-electron chi connectivity index (χ4n) is 1.05. The predicted octanol–water partition coefficient (Wildman–Crippen LogP) is 2.13. The molecule has 0 saturated carbocycles. The van der Waals surface area contributed by atoms with Crippen molar-refractivity contribution >= 4 is 22.5 Å². The number of phenolic OH excluding ortho intramolecular Hbond substituents is 1. The lowest BCUT2D eigenvalue weighted by Gasteiger charge is -2.00. The van der Waals surface area contributed by atoms with Crippen LogP contribution in [0.2, 0.25) is 5.28 Å². The van der Waals surface area contributed by atoms with E-state index >= 15 is 0 Å². The van der Waals surface area contributed by atoms with Crippen LogP contribution in [-0.4, -0.2) is 15.1 Å². The third-order valence-corrected chi connectivity index (χ3v) is 1.83. The fourth-order valence-corrected chi connectivity index (χ4v) is 1.18. The maximum atomic E-state index is 13.1. The smallest absolute Gasteiger partial charge is 0.223 e. The Kier molecular flexibility index (Phi) is 1.77. The maximum Gasteiger partial charge on any atom is 0.223 e. The minimum atomic E-state index is -0.482. The summed E-state index contributed by atoms with van der Waals surface area (Å²) in [5.41, 5.74) is 0.125. The SMILES string of the molecule is Oc1ccc(F)c2cnc(Cl)nc12. The van der Waals surface area contributed by atoms with Crippen LogP contribution in [-0.2, 0) is 0 Å². The molecule has 0 aliphatic carbocycles. The number of phenols is 1. The molecule has 5 heteroatoms. The third kappa shape index (κ3) is 1.29. The van der Waals surface area contributed by atoms with Crippen molar-refractivity contribution in [1.29, 1.82) is 0 Å². The highest BCUT2D eigenvalue weighted by molar-refractivity contribution is 6.28. The summed E-state index contributed by atoms with van der Waals surface area (Å²) in [6, 6.07) is 2.37. The van der Waals surface area contributed by atoms with Crippen molar-refractivity contribution in [2.24, 2.45) is 0 Å². The highest BCUT2D eigenvalue weighted by Crippen LogP contribution is 2.24. The van der Waals surface area contributed by atoms with Gasteiger partial charge in [0, 0.05) is 6.20 Å². The Bertz CT molecular complexity index is 475. The van der Waals surface area contributed by atoms with Crippen molar-refractivity contribution < 1.29 is 9.50 Å². The van der Waals surface area contributed by atoms with E-state index in [0.29, 0.717) is 0 Å². The minimum Gasteiger partial charge on any atom is -0.506 e. The van der Waals surface area contributed by atoms with Crippen molar-refractivity contribution in [3.05, 3.63) is 29.4 Å². The Morgan fingerprint density at radius 1 is 1.38 bits per heavy atom. The minimum absolute atomic E-state index is 0.0200. The van der Waals surface area contributed by atoms with Crippen LogP contribution in [0, 0.1) is 5.82 Å². The number of hydrogen-bond donors (Lipinski definition) is 1. The van der Waals surface area contributed by atoms with Gasteiger partial charge in [-0.05, 0) is 23.7 Å². The number of nitrogens with zero attached hydrogens (tertiary/aromatic N) is 2. The molecule has 1 aromatic carbocycles. The summed E-state index contributed by atoms with van der Waals surface area (Å²) in [6.07, 6.45) is 1.24. The Hall–Kier alpha value is -1.42. The van der Waals surface area contributed by atoms with Gasteiger partial charge in [0.2, 0.25) is 5.28 Å². The Morgan fingerprint density at radius 3 is 2.92 bits per heavy atom. The van der Waals surface area contributed by atoms with Crippen LogP contribution in [0.3, 0.4) is 0 Å². The van der Waals surface area contributed by atoms with Crippen LogP contribution in [0.1, 0.15) is 0 Å². The molecule has 13 heavy (non-hydrogen) atoms. The number of fused-ring (bicyclic) bond motifs is 1. The first kappa shape index (κ1) is 8.19. The van der Waals surface area contributed by atoms with Crippen LogP contribution in [0.5, 0.6) is 5.75 Å². The second-order valence-corrected chi connectivity index (χ2v) is 2.81. The van der Waals surface area contributed by atoms with Gasteiger partial charge in [-0.25, -0.2) is 14.4 Å². The van der Waals surface area contributed by atoms with E-state index in [4.69, 9.17) is 11.6 Å². The summed E-state index contributed by atoms with van der Waals surface area (Å²) in [6.45, 7) is 0. The second-order valence-electron chi connectivity index (χ2n) is 2.47. The van der Waals surface area contributed by atoms with E-state index in [1.54, 1.807) is 0 Å². The summed E-state index contributed by atoms with van der Waals surface area (Å²) < 4.78 is 13.1. The van der Waals surface area contributed by atoms with Gasteiger partial charge in [-0.3, -0.25) is 0 Å². The molecule has 3 nitrogen and oxygen atoms in total. The fraction of sp³-hybridized carbons (Fsp3) is 0. The summed E-state index contributed by atoms with van der Waals surface area (Å²) >= 11 is 5.49. The van der Waals surface area contributed by atoms with Gasteiger partial charge in [-0.15, -0.1) is 0 Å². The molecule has 0 aliphatic rings. The quantitative estimate of drug-likeness (QED) is 0.660. The van der Waals surface area contributed by atoms with E-state index in [0.717, 1.165) is 6.07 Å². The zero-order valence-electron chi connectivity index (χ0n) is 6.33. The van der Waals surface area contributed by atoms with Gasteiger partial charge in [-0.1, -0.05) is 0 Å². The average molecular weight is 199 g/mol. The van der Waals surface area contributed by atoms with Crippen molar-refractivity contribution in [1.82, 2.24) is 9.97 Å². The summed E-state index contributed by atoms with van der Waals surface area (Å²) in [7, 11) is 0. The highest BCUT2D eigenvalue weighted by Gasteiger charge is 2.07. The number of benzene rings is 1. The molecule has 0 radical (unpaired) electrons. The van der Waals surface area contributed by atoms with Gasteiger partial charge in [0.15, 0.2) is 0 Å². The van der Waals surface area contributed by atoms with E-state index in [-0.39, 0.29) is 21.9 Å². The molecule has 2 aromatic rings. The van der Waals surface area contributed by atoms with Gasteiger partial charge in [0.05, 0.1) is 5.39 Å². The van der Waals surface area contributed by atoms with E-state index in [2.05, 4.69) is 9.97 Å². The summed E-state index contributed by atoms with van der Waals surface area (Å²) in [4.78, 5) is 7.31. The van der Waals surface area contributed by atoms with Crippen molar-refractivity contribution in [2.75, 3.05) is 0 Å². The molecule has 0 fully saturated rings. The van der Waals surface area contributed by atoms with Crippen molar-refractivity contribution in [2.45, 2.75) is 0 Å². The number of aromatic hydroxyl groups is 1. The molecule has 1 heterocycles. The molecule has 0 unspecified atom stereocenters. The monoisotopic (exact) mass is 198 g/mol. The van der Waals surface area contributed by atoms with Gasteiger partial charge in [0.1, 0.15) is 17.1 Å². The molecule has 0 spiro atoms. The lowest BCUT2D eigenvalue weighted by atomic mass is 10.2. The number of aromatic nitrogens is 2. The van der Waals surface area contributed by atoms with Crippen LogP contribution in [0.4, 0.5) is 4.39 Å². The Labute approximate surface area is 77.8 Å². The maximum absolute atomic E-state index is 13.1. The normalized spacial score (nSPS) is 10.6. The molecule has 0 amide bonds. The third-order valence-electron chi connectivity index (χ3n) is 1.65. The molecular formula is C8H4ClFN2O. The van der Waals surface area contributed by atoms with Crippen molar-refractivity contribution in [3.63, 3.8) is 0 Å². The van der Waals surface area contributed by atoms with Crippen LogP contribution in [0.15, 0.2) is 18.3 Å². The summed E-state index contributed by atoms with van der Waals surface area (Å²) in [5, 5.41) is 9.44. The first-order valence-corrected chi connectivity index (χ1v) is 3.86. The van der Waals surface area contributed by atoms with Crippen LogP contribution < -0.4 is 0 Å². The standard InChI is InChI=1S/C8H4ClFN2O/c9-8-11-3-4-5(10)1-2-6(13)7(4)12-8/h1-3,13H. The topological polar surface area (TPSA) is 46.0 Å². The lowest BCUT2D eigenvalue weighted by Crippen LogP contribution is -1.87. The molecule has 1 aromatic heterocycles. The molecule has 0 atom stereocenters. The van der Waals surface area contributed by atoms with Crippen molar-refractivity contribution in [3.8, 4) is 5.75 Å². The van der Waals surface area contributed by atoms with Crippen LogP contribution >= 0.6 is 11.6 Å². The average Bonchev–Trinajstić information content (AvgIpc) is 2.12. The number of halogens is 2. The molecule has 0 bridgehead atoms. The molecule has 1 N–H and O–H groups in total. The van der Waals surface area contributed by atoms with Gasteiger partial charge < -0.3 is 5.11 Å². The molecule has 66 valence electrons. The zero-order valence-corrected chi connectivity index (χ0v) is 7.09. The first-order chi connectivity index (χ1) is 6.18. The largest absolute Gasteiger partial charge is 0.506 e. The summed E-state index contributed by atoms with van der Waals surface area (Å²) in [5.74, 6) is -0.592.